The highest BCUT2D eigenvalue weighted by atomic mass is 15.2. The number of hydrogen-bond donors (Lipinski definition) is 0. The molecule has 0 amide bonds. The summed E-state index contributed by atoms with van der Waals surface area (Å²) in [6, 6.07) is 0.667. The topological polar surface area (TPSA) is 3.24 Å². The molecule has 2 aliphatic rings. The molecule has 0 saturated carbocycles. The predicted molar refractivity (Wildman–Crippen MR) is 56.4 cm³/mol. The van der Waals surface area contributed by atoms with E-state index in [0.717, 1.165) is 5.92 Å². The van der Waals surface area contributed by atoms with Crippen LogP contribution in [-0.4, -0.2) is 17.5 Å². The fourth-order valence-electron chi connectivity index (χ4n) is 2.46. The highest BCUT2D eigenvalue weighted by molar-refractivity contribution is 5.22. The standard InChI is InChI=1S/C12H19N/c1-10(2)13-9-5-7-11-6-3-4-8-12(11)13/h3-4,8,10-11H,5-7,9H2,1-2H3. The van der Waals surface area contributed by atoms with Gasteiger partial charge in [-0.15, -0.1) is 0 Å². The van der Waals surface area contributed by atoms with Gasteiger partial charge in [0.15, 0.2) is 0 Å². The number of likely N-dealkylation sites (tertiary alicyclic amines) is 1. The molecule has 72 valence electrons. The van der Waals surface area contributed by atoms with Crippen molar-refractivity contribution in [2.75, 3.05) is 6.54 Å². The second kappa shape index (κ2) is 3.57. The van der Waals surface area contributed by atoms with E-state index in [4.69, 9.17) is 0 Å². The van der Waals surface area contributed by atoms with Crippen LogP contribution in [0.2, 0.25) is 0 Å². The van der Waals surface area contributed by atoms with Crippen molar-refractivity contribution in [1.82, 2.24) is 4.90 Å². The number of rotatable bonds is 1. The highest BCUT2D eigenvalue weighted by Crippen LogP contribution is 2.33. The lowest BCUT2D eigenvalue weighted by Gasteiger charge is -2.40. The molecule has 0 radical (unpaired) electrons. The van der Waals surface area contributed by atoms with Crippen molar-refractivity contribution in [3.05, 3.63) is 23.9 Å². The summed E-state index contributed by atoms with van der Waals surface area (Å²) >= 11 is 0. The molecule has 0 aromatic rings. The molecule has 0 aromatic carbocycles. The molecule has 1 atom stereocenters. The lowest BCUT2D eigenvalue weighted by molar-refractivity contribution is 0.201. The summed E-state index contributed by atoms with van der Waals surface area (Å²) in [5, 5.41) is 0. The molecule has 0 aromatic heterocycles. The third kappa shape index (κ3) is 1.65. The fourth-order valence-corrected chi connectivity index (χ4v) is 2.46. The molecule has 1 unspecified atom stereocenters. The maximum absolute atomic E-state index is 2.57. The Morgan fingerprint density at radius 1 is 1.46 bits per heavy atom. The quantitative estimate of drug-likeness (QED) is 0.595. The van der Waals surface area contributed by atoms with E-state index in [1.807, 2.05) is 0 Å². The van der Waals surface area contributed by atoms with Gasteiger partial charge in [0.1, 0.15) is 0 Å². The van der Waals surface area contributed by atoms with Crippen LogP contribution in [-0.2, 0) is 0 Å². The van der Waals surface area contributed by atoms with E-state index in [1.54, 1.807) is 5.70 Å². The number of nitrogens with zero attached hydrogens (tertiary/aromatic N) is 1. The van der Waals surface area contributed by atoms with Gasteiger partial charge in [-0.2, -0.15) is 0 Å². The van der Waals surface area contributed by atoms with E-state index in [2.05, 4.69) is 37.0 Å². The van der Waals surface area contributed by atoms with Crippen LogP contribution in [0.15, 0.2) is 23.9 Å². The van der Waals surface area contributed by atoms with Crippen molar-refractivity contribution in [3.8, 4) is 0 Å². The molecule has 1 aliphatic carbocycles. The van der Waals surface area contributed by atoms with E-state index >= 15 is 0 Å². The zero-order valence-electron chi connectivity index (χ0n) is 8.66. The summed E-state index contributed by atoms with van der Waals surface area (Å²) in [5.41, 5.74) is 1.59. The normalized spacial score (nSPS) is 27.5. The molecule has 1 aliphatic heterocycles. The lowest BCUT2D eigenvalue weighted by Crippen LogP contribution is -2.38. The summed E-state index contributed by atoms with van der Waals surface area (Å²) in [6.07, 6.45) is 10.8. The molecule has 0 N–H and O–H groups in total. The van der Waals surface area contributed by atoms with Gasteiger partial charge in [0, 0.05) is 24.2 Å². The van der Waals surface area contributed by atoms with Crippen molar-refractivity contribution >= 4 is 0 Å². The molecular formula is C12H19N. The molecule has 0 spiro atoms. The van der Waals surface area contributed by atoms with Gasteiger partial charge in [0.05, 0.1) is 0 Å². The maximum Gasteiger partial charge on any atom is 0.0230 e. The number of piperidine rings is 1. The molecule has 13 heavy (non-hydrogen) atoms. The number of hydrogen-bond acceptors (Lipinski definition) is 1. The van der Waals surface area contributed by atoms with Crippen LogP contribution in [0.1, 0.15) is 33.1 Å². The first kappa shape index (κ1) is 8.86. The number of allylic oxidation sites excluding steroid dienone is 4. The third-order valence-electron chi connectivity index (χ3n) is 3.15. The zero-order chi connectivity index (χ0) is 9.26. The van der Waals surface area contributed by atoms with Gasteiger partial charge >= 0.3 is 0 Å². The van der Waals surface area contributed by atoms with Gasteiger partial charge < -0.3 is 4.90 Å². The van der Waals surface area contributed by atoms with Crippen LogP contribution in [0.5, 0.6) is 0 Å². The van der Waals surface area contributed by atoms with Gasteiger partial charge in [-0.1, -0.05) is 12.2 Å². The Hall–Kier alpha value is -0.720. The van der Waals surface area contributed by atoms with Crippen LogP contribution in [0.25, 0.3) is 0 Å². The van der Waals surface area contributed by atoms with Gasteiger partial charge in [0.25, 0.3) is 0 Å². The minimum absolute atomic E-state index is 0.667. The molecular weight excluding hydrogens is 158 g/mol. The lowest BCUT2D eigenvalue weighted by atomic mass is 9.87. The van der Waals surface area contributed by atoms with Crippen LogP contribution in [0, 0.1) is 5.92 Å². The van der Waals surface area contributed by atoms with E-state index < -0.39 is 0 Å². The van der Waals surface area contributed by atoms with Crippen molar-refractivity contribution in [3.63, 3.8) is 0 Å². The summed E-state index contributed by atoms with van der Waals surface area (Å²) in [7, 11) is 0. The average Bonchev–Trinajstić information content (AvgIpc) is 2.17. The first-order valence-corrected chi connectivity index (χ1v) is 5.42. The van der Waals surface area contributed by atoms with Crippen molar-refractivity contribution < 1.29 is 0 Å². The monoisotopic (exact) mass is 177 g/mol. The van der Waals surface area contributed by atoms with E-state index in [0.29, 0.717) is 6.04 Å². The van der Waals surface area contributed by atoms with E-state index in [9.17, 15) is 0 Å². The Kier molecular flexibility index (Phi) is 2.43. The molecule has 1 nitrogen and oxygen atoms in total. The summed E-state index contributed by atoms with van der Waals surface area (Å²) in [4.78, 5) is 2.57. The van der Waals surface area contributed by atoms with Crippen molar-refractivity contribution in [1.29, 1.82) is 0 Å². The smallest absolute Gasteiger partial charge is 0.0230 e. The fraction of sp³-hybridized carbons (Fsp3) is 0.667. The predicted octanol–water partition coefficient (Wildman–Crippen LogP) is 2.95. The third-order valence-corrected chi connectivity index (χ3v) is 3.15. The van der Waals surface area contributed by atoms with Crippen molar-refractivity contribution in [2.45, 2.75) is 39.2 Å². The second-order valence-electron chi connectivity index (χ2n) is 4.38. The van der Waals surface area contributed by atoms with Crippen LogP contribution in [0.4, 0.5) is 0 Å². The maximum atomic E-state index is 2.57. The molecule has 2 rings (SSSR count). The SMILES string of the molecule is CC(C)N1CCCC2CC=CC=C21. The zero-order valence-corrected chi connectivity index (χ0v) is 8.66. The Morgan fingerprint density at radius 3 is 3.08 bits per heavy atom. The van der Waals surface area contributed by atoms with Gasteiger partial charge in [-0.3, -0.25) is 0 Å². The van der Waals surface area contributed by atoms with E-state index in [1.165, 1.54) is 25.8 Å². The largest absolute Gasteiger partial charge is 0.372 e. The summed E-state index contributed by atoms with van der Waals surface area (Å²) in [5.74, 6) is 0.821. The van der Waals surface area contributed by atoms with Crippen LogP contribution < -0.4 is 0 Å². The van der Waals surface area contributed by atoms with E-state index in [-0.39, 0.29) is 0 Å². The Morgan fingerprint density at radius 2 is 2.31 bits per heavy atom. The molecule has 1 heterocycles. The van der Waals surface area contributed by atoms with Crippen LogP contribution >= 0.6 is 0 Å². The molecule has 1 fully saturated rings. The first-order chi connectivity index (χ1) is 6.29. The van der Waals surface area contributed by atoms with Gasteiger partial charge in [-0.05, 0) is 39.2 Å². The summed E-state index contributed by atoms with van der Waals surface area (Å²) in [6.45, 7) is 5.84. The molecule has 1 saturated heterocycles. The minimum atomic E-state index is 0.667. The number of fused-ring (bicyclic) bond motifs is 1. The van der Waals surface area contributed by atoms with Crippen LogP contribution in [0.3, 0.4) is 0 Å². The van der Waals surface area contributed by atoms with Gasteiger partial charge in [0.2, 0.25) is 0 Å². The summed E-state index contributed by atoms with van der Waals surface area (Å²) < 4.78 is 0. The van der Waals surface area contributed by atoms with Crippen molar-refractivity contribution in [2.24, 2.45) is 5.92 Å². The molecule has 0 bridgehead atoms. The Labute approximate surface area is 81.1 Å². The van der Waals surface area contributed by atoms with Gasteiger partial charge in [-0.25, -0.2) is 0 Å². The Bertz CT molecular complexity index is 238. The molecule has 1 heteroatoms. The Balaban J connectivity index is 2.19. The average molecular weight is 177 g/mol. The second-order valence-corrected chi connectivity index (χ2v) is 4.38. The first-order valence-electron chi connectivity index (χ1n) is 5.42. The minimum Gasteiger partial charge on any atom is -0.372 e. The highest BCUT2D eigenvalue weighted by Gasteiger charge is 2.26.